The van der Waals surface area contributed by atoms with Crippen LogP contribution < -0.4 is 19.6 Å². The lowest BCUT2D eigenvalue weighted by atomic mass is 9.95. The summed E-state index contributed by atoms with van der Waals surface area (Å²) >= 11 is 0.991. The summed E-state index contributed by atoms with van der Waals surface area (Å²) < 4.78 is 12.8. The monoisotopic (exact) mass is 539 g/mol. The molecule has 38 heavy (non-hydrogen) atoms. The van der Waals surface area contributed by atoms with Gasteiger partial charge in [0.1, 0.15) is 17.5 Å². The van der Waals surface area contributed by atoms with Crippen molar-refractivity contribution in [3.05, 3.63) is 88.6 Å². The fraction of sp³-hybridized carbons (Fsp3) is 0.269. The fourth-order valence-electron chi connectivity index (χ4n) is 4.14. The van der Waals surface area contributed by atoms with Gasteiger partial charge < -0.3 is 19.7 Å². The van der Waals surface area contributed by atoms with Crippen molar-refractivity contribution >= 4 is 29.1 Å². The Balaban J connectivity index is 2.00. The van der Waals surface area contributed by atoms with Gasteiger partial charge in [-0.05, 0) is 39.8 Å². The Kier molecular flexibility index (Phi) is 7.35. The molecular formula is C26H25N3O8S. The fourth-order valence-corrected chi connectivity index (χ4v) is 5.18. The third kappa shape index (κ3) is 4.90. The number of nitro benzene ring substituents is 1. The molecule has 0 aliphatic carbocycles. The number of nitro groups is 1. The number of carbonyl (C=O) groups is 1. The number of allylic oxidation sites excluding steroid dienone is 1. The van der Waals surface area contributed by atoms with E-state index in [9.17, 15) is 29.9 Å². The predicted molar refractivity (Wildman–Crippen MR) is 139 cm³/mol. The SMILES string of the molecule is CCOC(=O)C1=C(C)N=c2s/c(=C/c3cc([N+](=O)[O-])c(O)cc3O)c(=O)n2[C@@H]1c1ccccc1OC(C)C. The molecule has 2 N–H and O–H groups in total. The molecule has 2 aromatic carbocycles. The highest BCUT2D eigenvalue weighted by atomic mass is 32.1. The van der Waals surface area contributed by atoms with Gasteiger partial charge in [0, 0.05) is 23.3 Å². The van der Waals surface area contributed by atoms with E-state index in [1.165, 1.54) is 10.6 Å². The largest absolute Gasteiger partial charge is 0.507 e. The molecule has 1 atom stereocenters. The minimum atomic E-state index is -0.926. The molecule has 0 amide bonds. The maximum atomic E-state index is 13.8. The maximum Gasteiger partial charge on any atom is 0.338 e. The molecule has 12 heteroatoms. The number of carbonyl (C=O) groups excluding carboxylic acids is 1. The number of fused-ring (bicyclic) bond motifs is 1. The lowest BCUT2D eigenvalue weighted by molar-refractivity contribution is -0.385. The van der Waals surface area contributed by atoms with Crippen LogP contribution >= 0.6 is 11.3 Å². The quantitative estimate of drug-likeness (QED) is 0.264. The van der Waals surface area contributed by atoms with Gasteiger partial charge in [-0.3, -0.25) is 19.5 Å². The standard InChI is InChI=1S/C26H25N3O8S/c1-5-36-25(33)22-14(4)27-26-28(23(22)16-8-6-7-9-20(16)37-13(2)3)24(32)21(38-26)11-15-10-17(29(34)35)19(31)12-18(15)30/h6-13,23,30-31H,5H2,1-4H3/b21-11+/t23-/m1/s1. The molecule has 0 saturated heterocycles. The second-order valence-corrected chi connectivity index (χ2v) is 9.67. The Hall–Kier alpha value is -4.45. The van der Waals surface area contributed by atoms with Crippen LogP contribution in [0.5, 0.6) is 17.2 Å². The van der Waals surface area contributed by atoms with Crippen molar-refractivity contribution in [2.24, 2.45) is 4.99 Å². The summed E-state index contributed by atoms with van der Waals surface area (Å²) in [6.45, 7) is 7.17. The topological polar surface area (TPSA) is 153 Å². The van der Waals surface area contributed by atoms with Crippen molar-refractivity contribution in [2.45, 2.75) is 39.8 Å². The average Bonchev–Trinajstić information content (AvgIpc) is 3.14. The first-order chi connectivity index (χ1) is 18.0. The van der Waals surface area contributed by atoms with Gasteiger partial charge in [0.15, 0.2) is 10.6 Å². The molecule has 0 unspecified atom stereocenters. The zero-order chi connectivity index (χ0) is 27.7. The van der Waals surface area contributed by atoms with Crippen LogP contribution in [0.1, 0.15) is 44.9 Å². The van der Waals surface area contributed by atoms with Crippen LogP contribution in [-0.2, 0) is 9.53 Å². The number of phenols is 2. The summed E-state index contributed by atoms with van der Waals surface area (Å²) in [5.74, 6) is -1.30. The van der Waals surface area contributed by atoms with E-state index in [1.54, 1.807) is 38.1 Å². The highest BCUT2D eigenvalue weighted by Gasteiger charge is 2.35. The van der Waals surface area contributed by atoms with Gasteiger partial charge in [-0.15, -0.1) is 0 Å². The molecular weight excluding hydrogens is 514 g/mol. The Morgan fingerprint density at radius 3 is 2.63 bits per heavy atom. The number of hydrogen-bond acceptors (Lipinski definition) is 10. The van der Waals surface area contributed by atoms with E-state index in [-0.39, 0.29) is 33.2 Å². The number of benzene rings is 2. The van der Waals surface area contributed by atoms with Gasteiger partial charge in [0.25, 0.3) is 5.56 Å². The third-order valence-electron chi connectivity index (χ3n) is 5.70. The number of aromatic nitrogens is 1. The zero-order valence-electron chi connectivity index (χ0n) is 21.0. The van der Waals surface area contributed by atoms with E-state index < -0.39 is 39.7 Å². The van der Waals surface area contributed by atoms with Crippen LogP contribution in [0, 0.1) is 10.1 Å². The minimum absolute atomic E-state index is 0.0406. The number of nitrogens with zero attached hydrogens (tertiary/aromatic N) is 3. The number of thiazole rings is 1. The predicted octanol–water partition coefficient (Wildman–Crippen LogP) is 2.90. The minimum Gasteiger partial charge on any atom is -0.507 e. The first-order valence-electron chi connectivity index (χ1n) is 11.7. The van der Waals surface area contributed by atoms with Crippen LogP contribution in [0.15, 0.2) is 57.5 Å². The first-order valence-corrected chi connectivity index (χ1v) is 12.5. The number of para-hydroxylation sites is 1. The third-order valence-corrected chi connectivity index (χ3v) is 6.68. The van der Waals surface area contributed by atoms with E-state index in [2.05, 4.69) is 4.99 Å². The molecule has 1 aliphatic rings. The average molecular weight is 540 g/mol. The van der Waals surface area contributed by atoms with Crippen molar-refractivity contribution < 1.29 is 29.4 Å². The van der Waals surface area contributed by atoms with Gasteiger partial charge in [-0.25, -0.2) is 9.79 Å². The van der Waals surface area contributed by atoms with E-state index in [0.29, 0.717) is 17.0 Å². The van der Waals surface area contributed by atoms with Crippen molar-refractivity contribution in [3.63, 3.8) is 0 Å². The summed E-state index contributed by atoms with van der Waals surface area (Å²) in [6, 6.07) is 7.94. The Morgan fingerprint density at radius 2 is 1.97 bits per heavy atom. The summed E-state index contributed by atoms with van der Waals surface area (Å²) in [4.78, 5) is 42.1. The lowest BCUT2D eigenvalue weighted by Crippen LogP contribution is -2.40. The second-order valence-electron chi connectivity index (χ2n) is 8.66. The molecule has 0 saturated carbocycles. The smallest absolute Gasteiger partial charge is 0.338 e. The van der Waals surface area contributed by atoms with Crippen LogP contribution in [-0.4, -0.2) is 38.4 Å². The number of phenolic OH excluding ortho intramolecular Hbond substituents is 2. The zero-order valence-corrected chi connectivity index (χ0v) is 21.8. The lowest BCUT2D eigenvalue weighted by Gasteiger charge is -2.26. The van der Waals surface area contributed by atoms with Gasteiger partial charge >= 0.3 is 11.7 Å². The number of esters is 1. The summed E-state index contributed by atoms with van der Waals surface area (Å²) in [5.41, 5.74) is -0.115. The van der Waals surface area contributed by atoms with Crippen molar-refractivity contribution in [3.8, 4) is 17.2 Å². The Bertz CT molecular complexity index is 1650. The summed E-state index contributed by atoms with van der Waals surface area (Å²) in [7, 11) is 0. The maximum absolute atomic E-state index is 13.8. The van der Waals surface area contributed by atoms with Gasteiger partial charge in [0.2, 0.25) is 0 Å². The molecule has 3 aromatic rings. The van der Waals surface area contributed by atoms with Crippen molar-refractivity contribution in [1.29, 1.82) is 0 Å². The molecule has 0 bridgehead atoms. The Morgan fingerprint density at radius 1 is 1.26 bits per heavy atom. The molecule has 0 fully saturated rings. The number of rotatable bonds is 7. The molecule has 0 radical (unpaired) electrons. The first kappa shape index (κ1) is 26.6. The van der Waals surface area contributed by atoms with E-state index in [4.69, 9.17) is 9.47 Å². The van der Waals surface area contributed by atoms with E-state index in [1.807, 2.05) is 13.8 Å². The van der Waals surface area contributed by atoms with Crippen LogP contribution in [0.3, 0.4) is 0 Å². The highest BCUT2D eigenvalue weighted by Crippen LogP contribution is 2.36. The number of ether oxygens (including phenoxy) is 2. The second kappa shape index (κ2) is 10.5. The van der Waals surface area contributed by atoms with Crippen LogP contribution in [0.2, 0.25) is 0 Å². The highest BCUT2D eigenvalue weighted by molar-refractivity contribution is 7.07. The molecule has 11 nitrogen and oxygen atoms in total. The Labute approximate surface area is 220 Å². The molecule has 2 heterocycles. The van der Waals surface area contributed by atoms with Gasteiger partial charge in [-0.2, -0.15) is 0 Å². The molecule has 1 aliphatic heterocycles. The molecule has 198 valence electrons. The van der Waals surface area contributed by atoms with Gasteiger partial charge in [-0.1, -0.05) is 29.5 Å². The van der Waals surface area contributed by atoms with Crippen molar-refractivity contribution in [1.82, 2.24) is 4.57 Å². The normalized spacial score (nSPS) is 15.3. The molecule has 4 rings (SSSR count). The van der Waals surface area contributed by atoms with E-state index in [0.717, 1.165) is 23.5 Å². The number of hydrogen-bond donors (Lipinski definition) is 2. The molecule has 0 spiro atoms. The summed E-state index contributed by atoms with van der Waals surface area (Å²) in [5, 5.41) is 31.4. The van der Waals surface area contributed by atoms with Crippen LogP contribution in [0.25, 0.3) is 6.08 Å². The summed E-state index contributed by atoms with van der Waals surface area (Å²) in [6.07, 6.45) is 1.10. The van der Waals surface area contributed by atoms with E-state index >= 15 is 0 Å². The van der Waals surface area contributed by atoms with Gasteiger partial charge in [0.05, 0.1) is 33.4 Å². The molecule has 1 aromatic heterocycles. The van der Waals surface area contributed by atoms with Crippen LogP contribution in [0.4, 0.5) is 5.69 Å². The number of aromatic hydroxyl groups is 2. The van der Waals surface area contributed by atoms with Crippen molar-refractivity contribution in [2.75, 3.05) is 6.61 Å².